The second-order valence-electron chi connectivity index (χ2n) is 9.96. The van der Waals surface area contributed by atoms with Crippen LogP contribution in [-0.4, -0.2) is 42.1 Å². The first-order chi connectivity index (χ1) is 19.1. The van der Waals surface area contributed by atoms with E-state index in [1.165, 1.54) is 4.90 Å². The highest BCUT2D eigenvalue weighted by molar-refractivity contribution is 6.03. The lowest BCUT2D eigenvalue weighted by Crippen LogP contribution is -2.50. The highest BCUT2D eigenvalue weighted by Gasteiger charge is 2.35. The molecule has 2 aromatic carbocycles. The van der Waals surface area contributed by atoms with Crippen LogP contribution in [0.3, 0.4) is 0 Å². The van der Waals surface area contributed by atoms with Gasteiger partial charge in [-0.1, -0.05) is 24.2 Å². The van der Waals surface area contributed by atoms with Crippen LogP contribution in [0.4, 0.5) is 11.5 Å². The summed E-state index contributed by atoms with van der Waals surface area (Å²) in [5, 5.41) is 9.47. The molecule has 10 nitrogen and oxygen atoms in total. The van der Waals surface area contributed by atoms with Gasteiger partial charge in [-0.2, -0.15) is 0 Å². The van der Waals surface area contributed by atoms with E-state index in [2.05, 4.69) is 15.8 Å². The zero-order valence-corrected chi connectivity index (χ0v) is 23.9. The molecule has 214 valence electrons. The number of carbonyl (C=O) groups excluding carboxylic acids is 3. The summed E-state index contributed by atoms with van der Waals surface area (Å²) >= 11 is 0. The number of hydrogen-bond donors (Lipinski definition) is 2. The van der Waals surface area contributed by atoms with Crippen molar-refractivity contribution in [2.24, 2.45) is 0 Å². The van der Waals surface area contributed by atoms with Crippen molar-refractivity contribution in [3.05, 3.63) is 65.9 Å². The molecule has 0 aliphatic rings. The second kappa shape index (κ2) is 13.6. The number of aromatic nitrogens is 1. The maximum Gasteiger partial charge on any atom is 0.248 e. The number of ether oxygens (including phenoxy) is 2. The fourth-order valence-corrected chi connectivity index (χ4v) is 3.97. The zero-order chi connectivity index (χ0) is 29.3. The number of anilines is 2. The molecule has 0 radical (unpaired) electrons. The van der Waals surface area contributed by atoms with E-state index in [4.69, 9.17) is 14.0 Å². The van der Waals surface area contributed by atoms with Gasteiger partial charge >= 0.3 is 0 Å². The number of benzene rings is 2. The molecule has 1 heterocycles. The normalized spacial score (nSPS) is 11.8. The first-order valence-electron chi connectivity index (χ1n) is 13.3. The summed E-state index contributed by atoms with van der Waals surface area (Å²) in [6.45, 7) is 9.92. The molecule has 10 heteroatoms. The van der Waals surface area contributed by atoms with Gasteiger partial charge < -0.3 is 24.6 Å². The number of amides is 3. The number of nitrogens with zero attached hydrogens (tertiary/aromatic N) is 2. The number of nitrogens with one attached hydrogen (secondary N) is 2. The third-order valence-corrected chi connectivity index (χ3v) is 6.44. The van der Waals surface area contributed by atoms with E-state index < -0.39 is 23.4 Å². The van der Waals surface area contributed by atoms with Gasteiger partial charge in [0.25, 0.3) is 0 Å². The standard InChI is InChI=1S/C30H38N4O6/c1-7-30(4,5)32-29(37)28(21-9-13-23(38-6)14-10-21)34(22-11-15-24(16-12-22)39-8-2)27(36)18-17-26(35)31-25-19-20(3)40-33-25/h9-16,19,28H,7-8,17-18H2,1-6H3,(H,32,37)(H,31,33,35)/t28-/m0/s1. The van der Waals surface area contributed by atoms with E-state index >= 15 is 0 Å². The van der Waals surface area contributed by atoms with Crippen molar-refractivity contribution in [3.63, 3.8) is 0 Å². The summed E-state index contributed by atoms with van der Waals surface area (Å²) < 4.78 is 15.9. The Hall–Kier alpha value is -4.34. The monoisotopic (exact) mass is 550 g/mol. The second-order valence-corrected chi connectivity index (χ2v) is 9.96. The molecule has 0 saturated carbocycles. The van der Waals surface area contributed by atoms with Crippen LogP contribution < -0.4 is 25.0 Å². The van der Waals surface area contributed by atoms with Crippen molar-refractivity contribution in [3.8, 4) is 11.5 Å². The van der Waals surface area contributed by atoms with Crippen molar-refractivity contribution in [2.75, 3.05) is 23.9 Å². The first-order valence-corrected chi connectivity index (χ1v) is 13.3. The van der Waals surface area contributed by atoms with Gasteiger partial charge in [0, 0.05) is 30.1 Å². The lowest BCUT2D eigenvalue weighted by Gasteiger charge is -2.34. The number of aryl methyl sites for hydroxylation is 1. The van der Waals surface area contributed by atoms with Crippen LogP contribution in [0.2, 0.25) is 0 Å². The van der Waals surface area contributed by atoms with E-state index in [0.717, 1.165) is 0 Å². The van der Waals surface area contributed by atoms with Crippen LogP contribution in [-0.2, 0) is 14.4 Å². The zero-order valence-electron chi connectivity index (χ0n) is 23.9. The molecule has 3 rings (SSSR count). The highest BCUT2D eigenvalue weighted by Crippen LogP contribution is 2.32. The van der Waals surface area contributed by atoms with Gasteiger partial charge in [0.15, 0.2) is 5.82 Å². The minimum atomic E-state index is -1.01. The molecule has 1 aromatic heterocycles. The minimum Gasteiger partial charge on any atom is -0.497 e. The van der Waals surface area contributed by atoms with Gasteiger partial charge in [-0.25, -0.2) is 0 Å². The maximum absolute atomic E-state index is 13.9. The summed E-state index contributed by atoms with van der Waals surface area (Å²) in [5.74, 6) is 0.939. The lowest BCUT2D eigenvalue weighted by molar-refractivity contribution is -0.128. The van der Waals surface area contributed by atoms with Crippen LogP contribution >= 0.6 is 0 Å². The van der Waals surface area contributed by atoms with Gasteiger partial charge in [0.1, 0.15) is 23.3 Å². The third kappa shape index (κ3) is 8.08. The lowest BCUT2D eigenvalue weighted by atomic mass is 9.97. The molecule has 0 bridgehead atoms. The smallest absolute Gasteiger partial charge is 0.248 e. The molecular weight excluding hydrogens is 512 g/mol. The van der Waals surface area contributed by atoms with Crippen molar-refractivity contribution < 1.29 is 28.4 Å². The van der Waals surface area contributed by atoms with Gasteiger partial charge in [-0.3, -0.25) is 19.3 Å². The van der Waals surface area contributed by atoms with E-state index in [1.54, 1.807) is 68.6 Å². The van der Waals surface area contributed by atoms with Crippen LogP contribution in [0.1, 0.15) is 64.3 Å². The Morgan fingerprint density at radius 3 is 2.20 bits per heavy atom. The summed E-state index contributed by atoms with van der Waals surface area (Å²) in [6.07, 6.45) is 0.426. The summed E-state index contributed by atoms with van der Waals surface area (Å²) in [7, 11) is 1.56. The summed E-state index contributed by atoms with van der Waals surface area (Å²) in [4.78, 5) is 41.8. The van der Waals surface area contributed by atoms with Crippen LogP contribution in [0, 0.1) is 6.92 Å². The predicted molar refractivity (Wildman–Crippen MR) is 152 cm³/mol. The van der Waals surface area contributed by atoms with Gasteiger partial charge in [0.05, 0.1) is 13.7 Å². The molecule has 0 spiro atoms. The predicted octanol–water partition coefficient (Wildman–Crippen LogP) is 5.19. The topological polar surface area (TPSA) is 123 Å². The Bertz CT molecular complexity index is 1280. The number of hydrogen-bond acceptors (Lipinski definition) is 7. The van der Waals surface area contributed by atoms with Crippen molar-refractivity contribution >= 4 is 29.2 Å². The van der Waals surface area contributed by atoms with Crippen molar-refractivity contribution in [2.45, 2.75) is 65.5 Å². The van der Waals surface area contributed by atoms with Crippen molar-refractivity contribution in [1.82, 2.24) is 10.5 Å². The molecule has 0 fully saturated rings. The number of rotatable bonds is 13. The van der Waals surface area contributed by atoms with E-state index in [1.807, 2.05) is 27.7 Å². The quantitative estimate of drug-likeness (QED) is 0.300. The van der Waals surface area contributed by atoms with Gasteiger partial charge in [0.2, 0.25) is 17.7 Å². The first kappa shape index (κ1) is 30.2. The fourth-order valence-electron chi connectivity index (χ4n) is 3.97. The van der Waals surface area contributed by atoms with E-state index in [-0.39, 0.29) is 24.6 Å². The van der Waals surface area contributed by atoms with Crippen LogP contribution in [0.15, 0.2) is 59.1 Å². The molecule has 0 aliphatic heterocycles. The maximum atomic E-state index is 13.9. The Balaban J connectivity index is 1.98. The largest absolute Gasteiger partial charge is 0.497 e. The molecule has 40 heavy (non-hydrogen) atoms. The molecule has 0 unspecified atom stereocenters. The highest BCUT2D eigenvalue weighted by atomic mass is 16.5. The SMILES string of the molecule is CCOc1ccc(N(C(=O)CCC(=O)Nc2cc(C)on2)[C@H](C(=O)NC(C)(C)CC)c2ccc(OC)cc2)cc1. The molecule has 3 aromatic rings. The number of methoxy groups -OCH3 is 1. The fraction of sp³-hybridized carbons (Fsp3) is 0.400. The average Bonchev–Trinajstić information content (AvgIpc) is 3.35. The van der Waals surface area contributed by atoms with Crippen LogP contribution in [0.25, 0.3) is 0 Å². The third-order valence-electron chi connectivity index (χ3n) is 6.44. The van der Waals surface area contributed by atoms with Gasteiger partial charge in [-0.05, 0) is 76.1 Å². The molecular formula is C30H38N4O6. The van der Waals surface area contributed by atoms with Crippen molar-refractivity contribution in [1.29, 1.82) is 0 Å². The summed E-state index contributed by atoms with van der Waals surface area (Å²) in [6, 6.07) is 14.5. The Kier molecular flexibility index (Phi) is 10.3. The molecule has 2 N–H and O–H groups in total. The Labute approximate surface area is 235 Å². The van der Waals surface area contributed by atoms with Gasteiger partial charge in [-0.15, -0.1) is 0 Å². The summed E-state index contributed by atoms with van der Waals surface area (Å²) in [5.41, 5.74) is 0.575. The molecule has 1 atom stereocenters. The van der Waals surface area contributed by atoms with Crippen LogP contribution in [0.5, 0.6) is 11.5 Å². The van der Waals surface area contributed by atoms with E-state index in [0.29, 0.717) is 41.5 Å². The molecule has 0 aliphatic carbocycles. The Morgan fingerprint density at radius 2 is 1.65 bits per heavy atom. The molecule has 0 saturated heterocycles. The Morgan fingerprint density at radius 1 is 1.00 bits per heavy atom. The van der Waals surface area contributed by atoms with E-state index in [9.17, 15) is 14.4 Å². The minimum absolute atomic E-state index is 0.115. The number of carbonyl (C=O) groups is 3. The molecule has 3 amide bonds. The average molecular weight is 551 g/mol.